The Morgan fingerprint density at radius 1 is 1.38 bits per heavy atom. The maximum absolute atomic E-state index is 12.0. The lowest BCUT2D eigenvalue weighted by atomic mass is 10.2. The number of hydrogen-bond acceptors (Lipinski definition) is 4. The maximum Gasteiger partial charge on any atom is 0.340 e. The number of esters is 1. The molecular weight excluding hydrogens is 336 g/mol. The molecule has 116 valence electrons. The summed E-state index contributed by atoms with van der Waals surface area (Å²) in [5, 5.41) is 2.75. The van der Waals surface area contributed by atoms with E-state index >= 15 is 0 Å². The predicted molar refractivity (Wildman–Crippen MR) is 86.0 cm³/mol. The van der Waals surface area contributed by atoms with Crippen molar-refractivity contribution < 1.29 is 14.3 Å². The number of carbonyl (C=O) groups is 2. The van der Waals surface area contributed by atoms with Crippen molar-refractivity contribution in [2.75, 3.05) is 12.3 Å². The number of carbonyl (C=O) groups excluding carboxylic acids is 2. The van der Waals surface area contributed by atoms with Crippen LogP contribution < -0.4 is 11.1 Å². The fraction of sp³-hybridized carbons (Fsp3) is 0.467. The van der Waals surface area contributed by atoms with Crippen LogP contribution in [0.3, 0.4) is 0 Å². The summed E-state index contributed by atoms with van der Waals surface area (Å²) in [6, 6.07) is 4.85. The third-order valence-electron chi connectivity index (χ3n) is 2.94. The van der Waals surface area contributed by atoms with E-state index in [0.717, 1.165) is 19.3 Å². The number of nitrogens with two attached hydrogens (primary N) is 1. The number of halogens is 1. The van der Waals surface area contributed by atoms with Crippen LogP contribution in [0.1, 0.15) is 43.5 Å². The molecule has 1 amide bonds. The molecule has 0 heterocycles. The van der Waals surface area contributed by atoms with Crippen LogP contribution in [0.4, 0.5) is 5.69 Å². The van der Waals surface area contributed by atoms with E-state index in [1.807, 2.05) is 0 Å². The highest BCUT2D eigenvalue weighted by molar-refractivity contribution is 9.10. The molecule has 1 unspecified atom stereocenters. The van der Waals surface area contributed by atoms with Gasteiger partial charge in [0.05, 0.1) is 5.56 Å². The molecule has 5 nitrogen and oxygen atoms in total. The molecule has 0 aliphatic rings. The first kappa shape index (κ1) is 17.5. The quantitative estimate of drug-likeness (QED) is 0.447. The van der Waals surface area contributed by atoms with E-state index in [9.17, 15) is 9.59 Å². The Labute approximate surface area is 133 Å². The average Bonchev–Trinajstić information content (AvgIpc) is 2.45. The van der Waals surface area contributed by atoms with E-state index in [1.54, 1.807) is 19.1 Å². The van der Waals surface area contributed by atoms with Gasteiger partial charge in [-0.15, -0.1) is 0 Å². The Hall–Kier alpha value is -1.56. The molecule has 1 aromatic rings. The zero-order valence-electron chi connectivity index (χ0n) is 12.3. The molecule has 0 bridgehead atoms. The van der Waals surface area contributed by atoms with Crippen molar-refractivity contribution in [2.24, 2.45) is 0 Å². The van der Waals surface area contributed by atoms with Gasteiger partial charge >= 0.3 is 5.97 Å². The normalized spacial score (nSPS) is 11.8. The van der Waals surface area contributed by atoms with Gasteiger partial charge in [-0.25, -0.2) is 4.79 Å². The highest BCUT2D eigenvalue weighted by atomic mass is 79.9. The molecule has 0 spiro atoms. The Morgan fingerprint density at radius 2 is 2.10 bits per heavy atom. The lowest BCUT2D eigenvalue weighted by Gasteiger charge is -2.14. The monoisotopic (exact) mass is 356 g/mol. The number of amides is 1. The van der Waals surface area contributed by atoms with Crippen LogP contribution in [0.5, 0.6) is 0 Å². The average molecular weight is 357 g/mol. The van der Waals surface area contributed by atoms with E-state index in [0.29, 0.717) is 22.3 Å². The number of rotatable bonds is 7. The minimum Gasteiger partial charge on any atom is -0.449 e. The van der Waals surface area contributed by atoms with Crippen molar-refractivity contribution in [2.45, 2.75) is 39.2 Å². The molecule has 3 N–H and O–H groups in total. The summed E-state index contributed by atoms with van der Waals surface area (Å²) in [7, 11) is 0. The maximum atomic E-state index is 12.0. The number of anilines is 1. The number of unbranched alkanes of at least 4 members (excludes halogenated alkanes) is 2. The number of nitrogen functional groups attached to an aromatic ring is 1. The van der Waals surface area contributed by atoms with Gasteiger partial charge in [0, 0.05) is 16.7 Å². The molecule has 1 rings (SSSR count). The fourth-order valence-electron chi connectivity index (χ4n) is 1.71. The first-order chi connectivity index (χ1) is 9.95. The predicted octanol–water partition coefficient (Wildman–Crippen LogP) is 2.88. The number of benzene rings is 1. The van der Waals surface area contributed by atoms with Gasteiger partial charge in [0.25, 0.3) is 5.91 Å². The number of ether oxygens (including phenoxy) is 1. The Morgan fingerprint density at radius 3 is 2.76 bits per heavy atom. The molecule has 6 heteroatoms. The van der Waals surface area contributed by atoms with Gasteiger partial charge in [0.1, 0.15) is 0 Å². The summed E-state index contributed by atoms with van der Waals surface area (Å²) in [5.41, 5.74) is 6.41. The van der Waals surface area contributed by atoms with Gasteiger partial charge in [-0.2, -0.15) is 0 Å². The zero-order valence-corrected chi connectivity index (χ0v) is 13.9. The van der Waals surface area contributed by atoms with Crippen LogP contribution in [-0.2, 0) is 9.53 Å². The van der Waals surface area contributed by atoms with Crippen molar-refractivity contribution in [1.82, 2.24) is 5.32 Å². The van der Waals surface area contributed by atoms with E-state index in [4.69, 9.17) is 10.5 Å². The Balaban J connectivity index is 2.53. The van der Waals surface area contributed by atoms with Crippen LogP contribution in [-0.4, -0.2) is 24.5 Å². The molecule has 0 aromatic heterocycles. The van der Waals surface area contributed by atoms with E-state index in [2.05, 4.69) is 28.2 Å². The zero-order chi connectivity index (χ0) is 15.8. The highest BCUT2D eigenvalue weighted by Gasteiger charge is 2.20. The summed E-state index contributed by atoms with van der Waals surface area (Å²) in [4.78, 5) is 23.8. The third kappa shape index (κ3) is 5.75. The lowest BCUT2D eigenvalue weighted by Crippen LogP contribution is -2.36. The first-order valence-corrected chi connectivity index (χ1v) is 7.78. The van der Waals surface area contributed by atoms with Gasteiger partial charge in [-0.05, 0) is 47.5 Å². The summed E-state index contributed by atoms with van der Waals surface area (Å²) in [6.45, 7) is 4.24. The van der Waals surface area contributed by atoms with Crippen molar-refractivity contribution >= 4 is 33.5 Å². The lowest BCUT2D eigenvalue weighted by molar-refractivity contribution is -0.129. The van der Waals surface area contributed by atoms with Crippen molar-refractivity contribution in [3.05, 3.63) is 28.2 Å². The van der Waals surface area contributed by atoms with Crippen LogP contribution >= 0.6 is 15.9 Å². The van der Waals surface area contributed by atoms with Gasteiger partial charge in [-0.3, -0.25) is 4.79 Å². The third-order valence-corrected chi connectivity index (χ3v) is 3.63. The van der Waals surface area contributed by atoms with Crippen molar-refractivity contribution in [3.8, 4) is 0 Å². The Kier molecular flexibility index (Phi) is 7.22. The van der Waals surface area contributed by atoms with E-state index < -0.39 is 12.1 Å². The van der Waals surface area contributed by atoms with E-state index in [-0.39, 0.29) is 5.91 Å². The second-order valence-corrected chi connectivity index (χ2v) is 5.64. The van der Waals surface area contributed by atoms with Crippen molar-refractivity contribution in [3.63, 3.8) is 0 Å². The Bertz CT molecular complexity index is 506. The number of hydrogen-bond donors (Lipinski definition) is 2. The minimum atomic E-state index is -0.840. The van der Waals surface area contributed by atoms with Crippen LogP contribution in [0.25, 0.3) is 0 Å². The summed E-state index contributed by atoms with van der Waals surface area (Å²) < 4.78 is 5.74. The molecule has 0 saturated heterocycles. The molecule has 1 atom stereocenters. The molecule has 0 aliphatic heterocycles. The largest absolute Gasteiger partial charge is 0.449 e. The fourth-order valence-corrected chi connectivity index (χ4v) is 2.12. The van der Waals surface area contributed by atoms with Gasteiger partial charge in [0.15, 0.2) is 6.10 Å². The molecular formula is C15H21BrN2O3. The smallest absolute Gasteiger partial charge is 0.340 e. The van der Waals surface area contributed by atoms with Gasteiger partial charge in [0.2, 0.25) is 0 Å². The summed E-state index contributed by atoms with van der Waals surface area (Å²) in [5.74, 6) is -0.870. The van der Waals surface area contributed by atoms with Crippen LogP contribution in [0, 0.1) is 0 Å². The highest BCUT2D eigenvalue weighted by Crippen LogP contribution is 2.20. The standard InChI is InChI=1S/C15H21BrN2O3/c1-3-4-5-8-18-14(19)10(2)21-15(20)12-9-11(17)6-7-13(12)16/h6-7,9-10H,3-5,8,17H2,1-2H3,(H,18,19). The first-order valence-electron chi connectivity index (χ1n) is 6.99. The second kappa shape index (κ2) is 8.67. The number of nitrogens with one attached hydrogen (secondary N) is 1. The molecule has 0 saturated carbocycles. The molecule has 0 aliphatic carbocycles. The minimum absolute atomic E-state index is 0.292. The molecule has 0 radical (unpaired) electrons. The topological polar surface area (TPSA) is 81.4 Å². The molecule has 0 fully saturated rings. The summed E-state index contributed by atoms with van der Waals surface area (Å²) >= 11 is 3.26. The molecule has 21 heavy (non-hydrogen) atoms. The van der Waals surface area contributed by atoms with E-state index in [1.165, 1.54) is 6.07 Å². The van der Waals surface area contributed by atoms with Crippen molar-refractivity contribution in [1.29, 1.82) is 0 Å². The SMILES string of the molecule is CCCCCNC(=O)C(C)OC(=O)c1cc(N)ccc1Br. The van der Waals surface area contributed by atoms with Crippen LogP contribution in [0.2, 0.25) is 0 Å². The van der Waals surface area contributed by atoms with Gasteiger partial charge in [-0.1, -0.05) is 19.8 Å². The van der Waals surface area contributed by atoms with Gasteiger partial charge < -0.3 is 15.8 Å². The summed E-state index contributed by atoms with van der Waals surface area (Å²) in [6.07, 6.45) is 2.23. The molecule has 1 aromatic carbocycles. The van der Waals surface area contributed by atoms with Crippen LogP contribution in [0.15, 0.2) is 22.7 Å². The second-order valence-electron chi connectivity index (χ2n) is 4.78.